The molecular weight excluding hydrogens is 240 g/mol. The van der Waals surface area contributed by atoms with E-state index < -0.39 is 0 Å². The van der Waals surface area contributed by atoms with Gasteiger partial charge in [-0.3, -0.25) is 4.79 Å². The molecule has 0 aliphatic rings. The van der Waals surface area contributed by atoms with Crippen molar-refractivity contribution in [1.29, 1.82) is 0 Å². The Kier molecular flexibility index (Phi) is 4.26. The van der Waals surface area contributed by atoms with Gasteiger partial charge in [-0.1, -0.05) is 48.6 Å². The van der Waals surface area contributed by atoms with E-state index in [0.29, 0.717) is 0 Å². The van der Waals surface area contributed by atoms with Crippen molar-refractivity contribution in [2.45, 2.75) is 6.92 Å². The summed E-state index contributed by atoms with van der Waals surface area (Å²) in [5, 5.41) is 1.99. The summed E-state index contributed by atoms with van der Waals surface area (Å²) in [7, 11) is 0. The first-order chi connectivity index (χ1) is 8.75. The first-order valence-electron chi connectivity index (χ1n) is 5.75. The summed E-state index contributed by atoms with van der Waals surface area (Å²) in [4.78, 5) is 12.5. The number of ketones is 1. The highest BCUT2D eigenvalue weighted by molar-refractivity contribution is 7.12. The third-order valence-corrected chi connectivity index (χ3v) is 3.48. The number of carbonyl (C=O) groups is 1. The van der Waals surface area contributed by atoms with Crippen LogP contribution in [0.5, 0.6) is 0 Å². The monoisotopic (exact) mass is 254 g/mol. The third-order valence-electron chi connectivity index (χ3n) is 2.42. The predicted molar refractivity (Wildman–Crippen MR) is 78.0 cm³/mol. The lowest BCUT2D eigenvalue weighted by Crippen LogP contribution is -1.88. The molecule has 1 nitrogen and oxygen atoms in total. The molecular formula is C16H14OS. The summed E-state index contributed by atoms with van der Waals surface area (Å²) in [5.41, 5.74) is 2.26. The van der Waals surface area contributed by atoms with Crippen molar-refractivity contribution >= 4 is 23.2 Å². The van der Waals surface area contributed by atoms with Crippen molar-refractivity contribution in [1.82, 2.24) is 0 Å². The van der Waals surface area contributed by atoms with Gasteiger partial charge < -0.3 is 0 Å². The van der Waals surface area contributed by atoms with Crippen LogP contribution in [0.3, 0.4) is 0 Å². The van der Waals surface area contributed by atoms with Crippen LogP contribution < -0.4 is 0 Å². The van der Waals surface area contributed by atoms with Crippen LogP contribution in [-0.4, -0.2) is 5.78 Å². The van der Waals surface area contributed by atoms with Crippen LogP contribution in [0.15, 0.2) is 60.0 Å². The molecule has 0 unspecified atom stereocenters. The molecule has 0 amide bonds. The normalized spacial score (nSPS) is 11.4. The maximum absolute atomic E-state index is 11.8. The standard InChI is InChI=1S/C16H14OS/c1-13-11-16(18-12-13)15(17)10-6-5-9-14-7-3-2-4-8-14/h2-12H,1H3/b9-5+,10-6+. The molecule has 0 bridgehead atoms. The molecule has 0 aliphatic carbocycles. The molecule has 90 valence electrons. The minimum Gasteiger partial charge on any atom is -0.288 e. The van der Waals surface area contributed by atoms with E-state index in [1.54, 1.807) is 12.2 Å². The van der Waals surface area contributed by atoms with Crippen LogP contribution in [0.25, 0.3) is 6.08 Å². The van der Waals surface area contributed by atoms with Gasteiger partial charge in [0.1, 0.15) is 0 Å². The van der Waals surface area contributed by atoms with Gasteiger partial charge in [0.2, 0.25) is 0 Å². The van der Waals surface area contributed by atoms with Crippen molar-refractivity contribution in [3.8, 4) is 0 Å². The first kappa shape index (κ1) is 12.5. The van der Waals surface area contributed by atoms with Crippen LogP contribution in [0.2, 0.25) is 0 Å². The van der Waals surface area contributed by atoms with E-state index in [1.807, 2.05) is 60.9 Å². The third kappa shape index (κ3) is 3.54. The second-order valence-corrected chi connectivity index (χ2v) is 4.89. The van der Waals surface area contributed by atoms with Crippen molar-refractivity contribution < 1.29 is 4.79 Å². The molecule has 0 fully saturated rings. The Morgan fingerprint density at radius 3 is 2.61 bits per heavy atom. The second kappa shape index (κ2) is 6.12. The lowest BCUT2D eigenvalue weighted by Gasteiger charge is -1.89. The Bertz CT molecular complexity index is 576. The summed E-state index contributed by atoms with van der Waals surface area (Å²) >= 11 is 1.49. The number of hydrogen-bond donors (Lipinski definition) is 0. The Balaban J connectivity index is 1.96. The maximum Gasteiger partial charge on any atom is 0.195 e. The molecule has 0 saturated heterocycles. The molecule has 18 heavy (non-hydrogen) atoms. The van der Waals surface area contributed by atoms with Gasteiger partial charge in [0.05, 0.1) is 4.88 Å². The average Bonchev–Trinajstić information content (AvgIpc) is 2.82. The highest BCUT2D eigenvalue weighted by Crippen LogP contribution is 2.14. The molecule has 1 aromatic heterocycles. The predicted octanol–water partition coefficient (Wildman–Crippen LogP) is 4.51. The van der Waals surface area contributed by atoms with Gasteiger partial charge >= 0.3 is 0 Å². The number of thiophene rings is 1. The van der Waals surface area contributed by atoms with E-state index in [0.717, 1.165) is 16.0 Å². The van der Waals surface area contributed by atoms with E-state index in [2.05, 4.69) is 0 Å². The minimum atomic E-state index is 0.0609. The Labute approximate surface area is 111 Å². The molecule has 2 rings (SSSR count). The van der Waals surface area contributed by atoms with Gasteiger partial charge in [0.25, 0.3) is 0 Å². The number of carbonyl (C=O) groups excluding carboxylic acids is 1. The van der Waals surface area contributed by atoms with Crippen molar-refractivity contribution in [3.05, 3.63) is 76.0 Å². The zero-order valence-corrected chi connectivity index (χ0v) is 11.0. The fraction of sp³-hybridized carbons (Fsp3) is 0.0625. The van der Waals surface area contributed by atoms with Crippen LogP contribution in [-0.2, 0) is 0 Å². The van der Waals surface area contributed by atoms with Gasteiger partial charge in [-0.2, -0.15) is 0 Å². The highest BCUT2D eigenvalue weighted by Gasteiger charge is 2.02. The second-order valence-electron chi connectivity index (χ2n) is 3.98. The van der Waals surface area contributed by atoms with Crippen molar-refractivity contribution in [3.63, 3.8) is 0 Å². The van der Waals surface area contributed by atoms with Gasteiger partial charge in [-0.25, -0.2) is 0 Å². The van der Waals surface area contributed by atoms with E-state index in [1.165, 1.54) is 11.3 Å². The fourth-order valence-electron chi connectivity index (χ4n) is 1.52. The summed E-state index contributed by atoms with van der Waals surface area (Å²) in [6.45, 7) is 1.99. The molecule has 0 saturated carbocycles. The van der Waals surface area contributed by atoms with Gasteiger partial charge in [-0.15, -0.1) is 11.3 Å². The fourth-order valence-corrected chi connectivity index (χ4v) is 2.34. The number of benzene rings is 1. The maximum atomic E-state index is 11.8. The summed E-state index contributed by atoms with van der Waals surface area (Å²) in [5.74, 6) is 0.0609. The van der Waals surface area contributed by atoms with Gasteiger partial charge in [0, 0.05) is 0 Å². The Hall–Kier alpha value is -1.93. The molecule has 0 radical (unpaired) electrons. The molecule has 0 spiro atoms. The minimum absolute atomic E-state index is 0.0609. The Morgan fingerprint density at radius 2 is 1.94 bits per heavy atom. The van der Waals surface area contributed by atoms with Crippen LogP contribution in [0, 0.1) is 6.92 Å². The molecule has 2 aromatic rings. The first-order valence-corrected chi connectivity index (χ1v) is 6.63. The van der Waals surface area contributed by atoms with Crippen LogP contribution in [0.1, 0.15) is 20.8 Å². The molecule has 0 atom stereocenters. The summed E-state index contributed by atoms with van der Waals surface area (Å²) < 4.78 is 0. The number of aryl methyl sites for hydroxylation is 1. The highest BCUT2D eigenvalue weighted by atomic mass is 32.1. The Morgan fingerprint density at radius 1 is 1.17 bits per heavy atom. The average molecular weight is 254 g/mol. The molecule has 0 N–H and O–H groups in total. The quantitative estimate of drug-likeness (QED) is 0.446. The van der Waals surface area contributed by atoms with Crippen LogP contribution >= 0.6 is 11.3 Å². The lowest BCUT2D eigenvalue weighted by atomic mass is 10.2. The summed E-state index contributed by atoms with van der Waals surface area (Å²) in [6.07, 6.45) is 7.24. The van der Waals surface area contributed by atoms with Gasteiger partial charge in [-0.05, 0) is 35.6 Å². The van der Waals surface area contributed by atoms with E-state index in [-0.39, 0.29) is 5.78 Å². The van der Waals surface area contributed by atoms with E-state index in [9.17, 15) is 4.79 Å². The molecule has 2 heteroatoms. The molecule has 1 heterocycles. The number of rotatable bonds is 4. The van der Waals surface area contributed by atoms with E-state index in [4.69, 9.17) is 0 Å². The SMILES string of the molecule is Cc1csc(C(=O)/C=C/C=C/c2ccccc2)c1. The topological polar surface area (TPSA) is 17.1 Å². The largest absolute Gasteiger partial charge is 0.288 e. The van der Waals surface area contributed by atoms with Crippen molar-refractivity contribution in [2.24, 2.45) is 0 Å². The van der Waals surface area contributed by atoms with E-state index >= 15 is 0 Å². The zero-order chi connectivity index (χ0) is 12.8. The number of hydrogen-bond acceptors (Lipinski definition) is 2. The lowest BCUT2D eigenvalue weighted by molar-refractivity contribution is 0.105. The smallest absolute Gasteiger partial charge is 0.195 e. The van der Waals surface area contributed by atoms with Crippen molar-refractivity contribution in [2.75, 3.05) is 0 Å². The summed E-state index contributed by atoms with van der Waals surface area (Å²) in [6, 6.07) is 11.9. The molecule has 1 aromatic carbocycles. The molecule has 0 aliphatic heterocycles. The zero-order valence-electron chi connectivity index (χ0n) is 10.2. The van der Waals surface area contributed by atoms with Crippen LogP contribution in [0.4, 0.5) is 0 Å². The number of allylic oxidation sites excluding steroid dienone is 3. The van der Waals surface area contributed by atoms with Gasteiger partial charge in [0.15, 0.2) is 5.78 Å².